The van der Waals surface area contributed by atoms with E-state index in [1.807, 2.05) is 6.07 Å². The van der Waals surface area contributed by atoms with Gasteiger partial charge < -0.3 is 0 Å². The first-order chi connectivity index (χ1) is 11.7. The molecule has 0 fully saturated rings. The molecule has 0 amide bonds. The van der Waals surface area contributed by atoms with Crippen molar-refractivity contribution in [1.29, 1.82) is 0 Å². The highest BCUT2D eigenvalue weighted by Gasteiger charge is 2.17. The van der Waals surface area contributed by atoms with Crippen molar-refractivity contribution in [3.05, 3.63) is 57.2 Å². The van der Waals surface area contributed by atoms with Crippen LogP contribution in [0.25, 0.3) is 20.8 Å². The highest BCUT2D eigenvalue weighted by Crippen LogP contribution is 2.30. The number of aromatic nitrogens is 2. The lowest BCUT2D eigenvalue weighted by Crippen LogP contribution is -2.21. The van der Waals surface area contributed by atoms with Gasteiger partial charge in [-0.2, -0.15) is 11.3 Å². The zero-order valence-corrected chi connectivity index (χ0v) is 15.9. The largest absolute Gasteiger partial charge is 0.291 e. The van der Waals surface area contributed by atoms with Crippen LogP contribution in [0, 0.1) is 0 Å². The first-order valence-electron chi connectivity index (χ1n) is 7.73. The zero-order chi connectivity index (χ0) is 16.5. The third-order valence-corrected chi connectivity index (χ3v) is 6.89. The second-order valence-corrected chi connectivity index (χ2v) is 8.47. The number of para-hydroxylation sites is 1. The Morgan fingerprint density at radius 2 is 2.00 bits per heavy atom. The monoisotopic (exact) mass is 371 g/mol. The van der Waals surface area contributed by atoms with Crippen molar-refractivity contribution in [3.63, 3.8) is 0 Å². The lowest BCUT2D eigenvalue weighted by molar-refractivity contribution is 0.250. The molecule has 1 aromatic carbocycles. The minimum absolute atomic E-state index is 0.272. The number of nitrogens with zero attached hydrogens (tertiary/aromatic N) is 3. The predicted octanol–water partition coefficient (Wildman–Crippen LogP) is 5.67. The molecule has 0 aliphatic carbocycles. The lowest BCUT2D eigenvalue weighted by Gasteiger charge is -2.21. The summed E-state index contributed by atoms with van der Waals surface area (Å²) in [5, 5.41) is 8.67. The maximum Gasteiger partial charge on any atom is 0.124 e. The summed E-state index contributed by atoms with van der Waals surface area (Å²) in [5.41, 5.74) is 3.43. The first-order valence-corrected chi connectivity index (χ1v) is 10.4. The Kier molecular flexibility index (Phi) is 4.45. The third-order valence-electron chi connectivity index (χ3n) is 4.06. The molecule has 0 aliphatic rings. The van der Waals surface area contributed by atoms with E-state index in [9.17, 15) is 0 Å². The van der Waals surface area contributed by atoms with Crippen LogP contribution >= 0.6 is 34.0 Å². The molecule has 4 rings (SSSR count). The SMILES string of the molecule is C[C@@H](c1nc2ccccc2s1)N(C)Cc1csc(-c2ccsc2)n1. The fraction of sp³-hybridized carbons (Fsp3) is 0.222. The summed E-state index contributed by atoms with van der Waals surface area (Å²) in [5.74, 6) is 0. The van der Waals surface area contributed by atoms with Crippen LogP contribution in [-0.2, 0) is 6.54 Å². The first kappa shape index (κ1) is 15.9. The number of thiazole rings is 2. The highest BCUT2D eigenvalue weighted by molar-refractivity contribution is 7.18. The van der Waals surface area contributed by atoms with E-state index in [1.165, 1.54) is 10.3 Å². The van der Waals surface area contributed by atoms with Crippen LogP contribution in [-0.4, -0.2) is 21.9 Å². The summed E-state index contributed by atoms with van der Waals surface area (Å²) in [6.07, 6.45) is 0. The second kappa shape index (κ2) is 6.72. The molecule has 122 valence electrons. The van der Waals surface area contributed by atoms with Crippen molar-refractivity contribution in [2.24, 2.45) is 0 Å². The van der Waals surface area contributed by atoms with Crippen molar-refractivity contribution < 1.29 is 0 Å². The van der Waals surface area contributed by atoms with Crippen LogP contribution in [0.3, 0.4) is 0 Å². The number of hydrogen-bond donors (Lipinski definition) is 0. The molecule has 0 bridgehead atoms. The van der Waals surface area contributed by atoms with Gasteiger partial charge in [-0.05, 0) is 37.6 Å². The number of rotatable bonds is 5. The Hall–Kier alpha value is -1.60. The molecule has 24 heavy (non-hydrogen) atoms. The summed E-state index contributed by atoms with van der Waals surface area (Å²) in [4.78, 5) is 11.9. The van der Waals surface area contributed by atoms with Gasteiger partial charge in [0, 0.05) is 22.9 Å². The molecule has 1 atom stereocenters. The highest BCUT2D eigenvalue weighted by atomic mass is 32.1. The standard InChI is InChI=1S/C18H17N3S3/c1-12(17-20-15-5-3-4-6-16(15)24-17)21(2)9-14-11-23-18(19-14)13-7-8-22-10-13/h3-8,10-12H,9H2,1-2H3/t12-/m0/s1. The summed E-state index contributed by atoms with van der Waals surface area (Å²) in [7, 11) is 2.14. The number of thiophene rings is 1. The summed E-state index contributed by atoms with van der Waals surface area (Å²) in [6.45, 7) is 3.04. The fourth-order valence-electron chi connectivity index (χ4n) is 2.55. The van der Waals surface area contributed by atoms with Gasteiger partial charge in [-0.15, -0.1) is 22.7 Å². The maximum atomic E-state index is 4.78. The molecular formula is C18H17N3S3. The Labute approximate surface area is 153 Å². The molecule has 0 spiro atoms. The van der Waals surface area contributed by atoms with Crippen molar-refractivity contribution in [2.75, 3.05) is 7.05 Å². The van der Waals surface area contributed by atoms with Gasteiger partial charge in [0.05, 0.1) is 22.0 Å². The normalized spacial score (nSPS) is 13.0. The zero-order valence-electron chi connectivity index (χ0n) is 13.5. The second-order valence-electron chi connectivity index (χ2n) is 5.77. The Morgan fingerprint density at radius 3 is 2.79 bits per heavy atom. The molecule has 0 N–H and O–H groups in total. The topological polar surface area (TPSA) is 29.0 Å². The number of hydrogen-bond acceptors (Lipinski definition) is 6. The summed E-state index contributed by atoms with van der Waals surface area (Å²) in [6, 6.07) is 10.7. The van der Waals surface area contributed by atoms with Gasteiger partial charge in [0.15, 0.2) is 0 Å². The third kappa shape index (κ3) is 3.15. The average molecular weight is 372 g/mol. The molecule has 3 heterocycles. The van der Waals surface area contributed by atoms with Gasteiger partial charge in [0.1, 0.15) is 10.0 Å². The van der Waals surface area contributed by atoms with E-state index in [0.29, 0.717) is 0 Å². The van der Waals surface area contributed by atoms with Gasteiger partial charge in [0.2, 0.25) is 0 Å². The quantitative estimate of drug-likeness (QED) is 0.452. The van der Waals surface area contributed by atoms with Crippen LogP contribution in [0.15, 0.2) is 46.5 Å². The molecule has 0 unspecified atom stereocenters. The molecule has 0 radical (unpaired) electrons. The van der Waals surface area contributed by atoms with Gasteiger partial charge in [0.25, 0.3) is 0 Å². The smallest absolute Gasteiger partial charge is 0.124 e. The van der Waals surface area contributed by atoms with Crippen LogP contribution in [0.2, 0.25) is 0 Å². The van der Waals surface area contributed by atoms with E-state index < -0.39 is 0 Å². The molecule has 0 aliphatic heterocycles. The van der Waals surface area contributed by atoms with Gasteiger partial charge >= 0.3 is 0 Å². The Balaban J connectivity index is 1.50. The van der Waals surface area contributed by atoms with E-state index >= 15 is 0 Å². The minimum Gasteiger partial charge on any atom is -0.291 e. The van der Waals surface area contributed by atoms with Gasteiger partial charge in [-0.1, -0.05) is 12.1 Å². The van der Waals surface area contributed by atoms with E-state index in [-0.39, 0.29) is 6.04 Å². The van der Waals surface area contributed by atoms with Gasteiger partial charge in [-0.3, -0.25) is 4.90 Å². The fourth-order valence-corrected chi connectivity index (χ4v) is 5.16. The molecule has 6 heteroatoms. The number of benzene rings is 1. The lowest BCUT2D eigenvalue weighted by atomic mass is 10.3. The predicted molar refractivity (Wildman–Crippen MR) is 105 cm³/mol. The van der Waals surface area contributed by atoms with Crippen molar-refractivity contribution in [1.82, 2.24) is 14.9 Å². The molecular weight excluding hydrogens is 354 g/mol. The van der Waals surface area contributed by atoms with E-state index in [1.54, 1.807) is 34.0 Å². The molecule has 0 saturated carbocycles. The van der Waals surface area contributed by atoms with Crippen LogP contribution < -0.4 is 0 Å². The van der Waals surface area contributed by atoms with Crippen molar-refractivity contribution in [2.45, 2.75) is 19.5 Å². The molecule has 3 nitrogen and oxygen atoms in total. The summed E-state index contributed by atoms with van der Waals surface area (Å²) < 4.78 is 1.25. The number of fused-ring (bicyclic) bond motifs is 1. The summed E-state index contributed by atoms with van der Waals surface area (Å²) >= 11 is 5.21. The molecule has 4 aromatic rings. The van der Waals surface area contributed by atoms with E-state index in [0.717, 1.165) is 27.8 Å². The van der Waals surface area contributed by atoms with Crippen LogP contribution in [0.4, 0.5) is 0 Å². The van der Waals surface area contributed by atoms with E-state index in [4.69, 9.17) is 9.97 Å². The maximum absolute atomic E-state index is 4.78. The Bertz CT molecular complexity index is 906. The minimum atomic E-state index is 0.272. The molecule has 3 aromatic heterocycles. The van der Waals surface area contributed by atoms with Gasteiger partial charge in [-0.25, -0.2) is 9.97 Å². The van der Waals surface area contributed by atoms with Crippen molar-refractivity contribution in [3.8, 4) is 10.6 Å². The van der Waals surface area contributed by atoms with Crippen molar-refractivity contribution >= 4 is 44.2 Å². The Morgan fingerprint density at radius 1 is 1.12 bits per heavy atom. The van der Waals surface area contributed by atoms with Crippen LogP contribution in [0.5, 0.6) is 0 Å². The van der Waals surface area contributed by atoms with Crippen LogP contribution in [0.1, 0.15) is 23.7 Å². The average Bonchev–Trinajstić information content (AvgIpc) is 3.32. The van der Waals surface area contributed by atoms with E-state index in [2.05, 4.69) is 59.3 Å². The molecule has 0 saturated heterocycles.